The number of piperidine rings is 1. The molecule has 35 heavy (non-hydrogen) atoms. The van der Waals surface area contributed by atoms with Gasteiger partial charge < -0.3 is 14.8 Å². The maximum Gasteiger partial charge on any atom is 0.243 e. The molecule has 0 aromatic heterocycles. The maximum absolute atomic E-state index is 13.3. The van der Waals surface area contributed by atoms with Crippen molar-refractivity contribution in [1.29, 1.82) is 0 Å². The second-order valence-corrected chi connectivity index (χ2v) is 11.9. The average Bonchev–Trinajstić information content (AvgIpc) is 2.89. The molecule has 1 saturated carbocycles. The van der Waals surface area contributed by atoms with Gasteiger partial charge in [-0.05, 0) is 68.9 Å². The van der Waals surface area contributed by atoms with E-state index >= 15 is 0 Å². The number of ether oxygens (including phenoxy) is 2. The zero-order chi connectivity index (χ0) is 24.5. The smallest absolute Gasteiger partial charge is 0.243 e. The van der Waals surface area contributed by atoms with Gasteiger partial charge in [0.05, 0.1) is 18.0 Å². The summed E-state index contributed by atoms with van der Waals surface area (Å²) in [4.78, 5) is 13.6. The van der Waals surface area contributed by atoms with Crippen LogP contribution in [0.4, 0.5) is 0 Å². The Morgan fingerprint density at radius 3 is 2.40 bits per heavy atom. The monoisotopic (exact) mass is 498 g/mol. The molecule has 1 aliphatic carbocycles. The average molecular weight is 499 g/mol. The topological polar surface area (TPSA) is 84.9 Å². The molecule has 0 radical (unpaired) electrons. The largest absolute Gasteiger partial charge is 0.497 e. The zero-order valence-corrected chi connectivity index (χ0v) is 21.1. The summed E-state index contributed by atoms with van der Waals surface area (Å²) in [5.41, 5.74) is 0.844. The molecule has 1 unspecified atom stereocenters. The quantitative estimate of drug-likeness (QED) is 0.659. The van der Waals surface area contributed by atoms with Gasteiger partial charge in [-0.1, -0.05) is 24.6 Å². The minimum absolute atomic E-state index is 0.0131. The normalized spacial score (nSPS) is 22.7. The minimum Gasteiger partial charge on any atom is -0.497 e. The highest BCUT2D eigenvalue weighted by Crippen LogP contribution is 2.46. The lowest BCUT2D eigenvalue weighted by molar-refractivity contribution is -0.127. The van der Waals surface area contributed by atoms with E-state index in [1.807, 2.05) is 24.3 Å². The van der Waals surface area contributed by atoms with Gasteiger partial charge in [0, 0.05) is 31.0 Å². The van der Waals surface area contributed by atoms with E-state index in [-0.39, 0.29) is 28.4 Å². The third kappa shape index (κ3) is 4.91. The molecule has 8 heteroatoms. The molecule has 1 N–H and O–H groups in total. The second-order valence-electron chi connectivity index (χ2n) is 10.0. The Morgan fingerprint density at radius 2 is 1.71 bits per heavy atom. The number of carbonyl (C=O) groups excluding carboxylic acids is 1. The summed E-state index contributed by atoms with van der Waals surface area (Å²) in [6.45, 7) is 0.668. The van der Waals surface area contributed by atoms with Crippen molar-refractivity contribution >= 4 is 15.9 Å². The molecular weight excluding hydrogens is 464 g/mol. The fourth-order valence-electron chi connectivity index (χ4n) is 5.79. The second kappa shape index (κ2) is 9.82. The number of para-hydroxylation sites is 1. The molecule has 5 rings (SSSR count). The van der Waals surface area contributed by atoms with Crippen LogP contribution in [0.25, 0.3) is 0 Å². The number of nitrogens with one attached hydrogen (secondary N) is 1. The van der Waals surface area contributed by atoms with Crippen LogP contribution in [0.2, 0.25) is 0 Å². The van der Waals surface area contributed by atoms with Gasteiger partial charge in [0.25, 0.3) is 0 Å². The van der Waals surface area contributed by atoms with Gasteiger partial charge in [-0.15, -0.1) is 0 Å². The third-order valence-electron chi connectivity index (χ3n) is 7.80. The van der Waals surface area contributed by atoms with Crippen LogP contribution in [0.1, 0.15) is 63.0 Å². The van der Waals surface area contributed by atoms with Crippen LogP contribution in [0.3, 0.4) is 0 Å². The Bertz CT molecular complexity index is 1150. The third-order valence-corrected chi connectivity index (χ3v) is 9.71. The van der Waals surface area contributed by atoms with E-state index in [2.05, 4.69) is 5.32 Å². The highest BCUT2D eigenvalue weighted by atomic mass is 32.2. The van der Waals surface area contributed by atoms with Crippen molar-refractivity contribution in [3.05, 3.63) is 54.1 Å². The summed E-state index contributed by atoms with van der Waals surface area (Å²) >= 11 is 0. The molecule has 2 fully saturated rings. The van der Waals surface area contributed by atoms with E-state index in [0.717, 1.165) is 43.4 Å². The molecule has 1 saturated heterocycles. The Morgan fingerprint density at radius 1 is 1.03 bits per heavy atom. The van der Waals surface area contributed by atoms with E-state index in [9.17, 15) is 13.2 Å². The van der Waals surface area contributed by atoms with Crippen molar-refractivity contribution in [2.24, 2.45) is 5.92 Å². The number of nitrogens with zero attached hydrogens (tertiary/aromatic N) is 1. The van der Waals surface area contributed by atoms with Gasteiger partial charge in [0.1, 0.15) is 17.1 Å². The Hall–Kier alpha value is -2.58. The van der Waals surface area contributed by atoms with Crippen LogP contribution in [0.5, 0.6) is 11.5 Å². The van der Waals surface area contributed by atoms with E-state index < -0.39 is 10.0 Å². The van der Waals surface area contributed by atoms with Crippen molar-refractivity contribution in [2.45, 2.75) is 67.9 Å². The molecular formula is C27H34N2O5S. The lowest BCUT2D eigenvalue weighted by Gasteiger charge is -2.45. The summed E-state index contributed by atoms with van der Waals surface area (Å²) in [6.07, 6.45) is 7.41. The van der Waals surface area contributed by atoms with E-state index in [1.54, 1.807) is 31.4 Å². The summed E-state index contributed by atoms with van der Waals surface area (Å²) in [5, 5.41) is 3.31. The zero-order valence-electron chi connectivity index (χ0n) is 20.2. The summed E-state index contributed by atoms with van der Waals surface area (Å²) in [5.74, 6) is 1.31. The van der Waals surface area contributed by atoms with E-state index in [1.165, 1.54) is 10.7 Å². The molecule has 2 aromatic carbocycles. The van der Waals surface area contributed by atoms with Gasteiger partial charge >= 0.3 is 0 Å². The van der Waals surface area contributed by atoms with Gasteiger partial charge in [-0.25, -0.2) is 8.42 Å². The first kappa shape index (κ1) is 24.1. The molecule has 3 aliphatic rings. The molecule has 0 bridgehead atoms. The number of methoxy groups -OCH3 is 1. The van der Waals surface area contributed by atoms with Crippen molar-refractivity contribution in [3.8, 4) is 11.5 Å². The Labute approximate surface area is 207 Å². The first-order valence-electron chi connectivity index (χ1n) is 12.6. The summed E-state index contributed by atoms with van der Waals surface area (Å²) < 4.78 is 39.2. The number of sulfonamides is 1. The standard InChI is InChI=1S/C27H34N2O5S/c1-33-21-9-11-22(12-10-21)35(31,32)29-17-13-20(14-18-29)26(30)28-24-19-27(15-5-2-6-16-27)34-25-8-4-3-7-23(24)25/h3-4,7-12,20,24H,2,5-6,13-19H2,1H3,(H,28,30). The molecule has 1 amide bonds. The van der Waals surface area contributed by atoms with Crippen molar-refractivity contribution in [2.75, 3.05) is 20.2 Å². The van der Waals surface area contributed by atoms with Crippen LogP contribution in [-0.2, 0) is 14.8 Å². The first-order chi connectivity index (χ1) is 16.9. The van der Waals surface area contributed by atoms with E-state index in [0.29, 0.717) is 31.7 Å². The Balaban J connectivity index is 1.24. The number of benzene rings is 2. The lowest BCUT2D eigenvalue weighted by atomic mass is 9.77. The number of amides is 1. The predicted molar refractivity (Wildman–Crippen MR) is 133 cm³/mol. The fourth-order valence-corrected chi connectivity index (χ4v) is 7.26. The van der Waals surface area contributed by atoms with Crippen LogP contribution < -0.4 is 14.8 Å². The van der Waals surface area contributed by atoms with Gasteiger partial charge in [0.2, 0.25) is 15.9 Å². The molecule has 2 aliphatic heterocycles. The van der Waals surface area contributed by atoms with Gasteiger partial charge in [-0.2, -0.15) is 4.31 Å². The fraction of sp³-hybridized carbons (Fsp3) is 0.519. The first-order valence-corrected chi connectivity index (χ1v) is 14.1. The number of hydrogen-bond donors (Lipinski definition) is 1. The molecule has 1 atom stereocenters. The van der Waals surface area contributed by atoms with Crippen molar-refractivity contribution < 1.29 is 22.7 Å². The van der Waals surface area contributed by atoms with Crippen molar-refractivity contribution in [1.82, 2.24) is 9.62 Å². The predicted octanol–water partition coefficient (Wildman–Crippen LogP) is 4.44. The SMILES string of the molecule is COc1ccc(S(=O)(=O)N2CCC(C(=O)NC3CC4(CCCCC4)Oc4ccccc43)CC2)cc1. The van der Waals surface area contributed by atoms with Crippen LogP contribution in [0, 0.1) is 5.92 Å². The number of hydrogen-bond acceptors (Lipinski definition) is 5. The number of fused-ring (bicyclic) bond motifs is 1. The van der Waals surface area contributed by atoms with Gasteiger partial charge in [0.15, 0.2) is 0 Å². The maximum atomic E-state index is 13.3. The lowest BCUT2D eigenvalue weighted by Crippen LogP contribution is -2.48. The number of carbonyl (C=O) groups is 1. The highest BCUT2D eigenvalue weighted by Gasteiger charge is 2.43. The van der Waals surface area contributed by atoms with Crippen LogP contribution >= 0.6 is 0 Å². The molecule has 2 heterocycles. The van der Waals surface area contributed by atoms with Crippen LogP contribution in [0.15, 0.2) is 53.4 Å². The molecule has 7 nitrogen and oxygen atoms in total. The molecule has 1 spiro atoms. The van der Waals surface area contributed by atoms with Crippen molar-refractivity contribution in [3.63, 3.8) is 0 Å². The Kier molecular flexibility index (Phi) is 6.77. The summed E-state index contributed by atoms with van der Waals surface area (Å²) in [7, 11) is -2.04. The van der Waals surface area contributed by atoms with Gasteiger partial charge in [-0.3, -0.25) is 4.79 Å². The summed E-state index contributed by atoms with van der Waals surface area (Å²) in [6, 6.07) is 14.4. The molecule has 188 valence electrons. The molecule has 2 aromatic rings. The van der Waals surface area contributed by atoms with E-state index in [4.69, 9.17) is 9.47 Å². The highest BCUT2D eigenvalue weighted by molar-refractivity contribution is 7.89. The van der Waals surface area contributed by atoms with Crippen LogP contribution in [-0.4, -0.2) is 44.4 Å². The minimum atomic E-state index is -3.59. The number of rotatable bonds is 5.